The van der Waals surface area contributed by atoms with E-state index in [0.717, 1.165) is 29.5 Å². The molecular weight excluding hydrogens is 575 g/mol. The van der Waals surface area contributed by atoms with Crippen molar-refractivity contribution in [2.75, 3.05) is 18.6 Å². The van der Waals surface area contributed by atoms with Gasteiger partial charge in [0.25, 0.3) is 11.8 Å². The summed E-state index contributed by atoms with van der Waals surface area (Å²) in [6, 6.07) is 20.5. The minimum absolute atomic E-state index is 0. The molecule has 45 heavy (non-hydrogen) atoms. The Morgan fingerprint density at radius 3 is 2.33 bits per heavy atom. The molecule has 0 radical (unpaired) electrons. The average Bonchev–Trinajstić information content (AvgIpc) is 3.05. The molecule has 6 nitrogen and oxygen atoms in total. The van der Waals surface area contributed by atoms with Gasteiger partial charge < -0.3 is 20.1 Å². The first kappa shape index (κ1) is 36.5. The molecule has 0 aromatic heterocycles. The summed E-state index contributed by atoms with van der Waals surface area (Å²) >= 11 is 1.52. The Hall–Kier alpha value is -2.98. The molecule has 3 aromatic rings. The van der Waals surface area contributed by atoms with E-state index < -0.39 is 17.9 Å². The van der Waals surface area contributed by atoms with E-state index in [9.17, 15) is 19.5 Å². The van der Waals surface area contributed by atoms with Crippen LogP contribution in [0.15, 0.2) is 66.7 Å². The van der Waals surface area contributed by atoms with Gasteiger partial charge in [0.1, 0.15) is 0 Å². The summed E-state index contributed by atoms with van der Waals surface area (Å²) in [6.45, 7) is 5.13. The van der Waals surface area contributed by atoms with Gasteiger partial charge in [-0.1, -0.05) is 75.1 Å². The molecule has 1 saturated carbocycles. The Kier molecular flexibility index (Phi) is 14.8. The second-order valence-electron chi connectivity index (χ2n) is 11.9. The van der Waals surface area contributed by atoms with Gasteiger partial charge in [-0.3, -0.25) is 9.59 Å². The van der Waals surface area contributed by atoms with Crippen molar-refractivity contribution in [1.82, 2.24) is 10.2 Å². The summed E-state index contributed by atoms with van der Waals surface area (Å²) in [5.74, 6) is -0.570. The minimum atomic E-state index is -1.29. The standard InChI is InChI=1S/C37H46N2O4S.Li/c1-4-5-22-39(36(41)30-18-16-29(17-19-30)28-12-7-6-8-13-28)25-27-15-20-32(33(24-27)31-14-10-9-11-26(31)2)35(40)38-34(37(42)43)21-23-44-3;/h9-11,14-20,24,28,34H,4-8,12-13,21-23,25H2,1-3H3,(H,38,40)(H,42,43);/q;+1/p-1. The van der Waals surface area contributed by atoms with E-state index >= 15 is 0 Å². The van der Waals surface area contributed by atoms with Gasteiger partial charge in [0, 0.05) is 24.2 Å². The fourth-order valence-corrected chi connectivity index (χ4v) is 6.52. The normalized spacial score (nSPS) is 13.8. The molecule has 0 bridgehead atoms. The van der Waals surface area contributed by atoms with Crippen molar-refractivity contribution in [1.29, 1.82) is 0 Å². The van der Waals surface area contributed by atoms with Gasteiger partial charge in [-0.2, -0.15) is 11.8 Å². The van der Waals surface area contributed by atoms with E-state index in [0.29, 0.717) is 41.5 Å². The number of amides is 2. The maximum atomic E-state index is 13.8. The van der Waals surface area contributed by atoms with Gasteiger partial charge in [-0.05, 0) is 103 Å². The van der Waals surface area contributed by atoms with Crippen LogP contribution in [0.5, 0.6) is 0 Å². The molecule has 1 atom stereocenters. The molecule has 0 aliphatic heterocycles. The van der Waals surface area contributed by atoms with E-state index in [1.54, 1.807) is 6.07 Å². The summed E-state index contributed by atoms with van der Waals surface area (Å²) in [6.07, 6.45) is 10.3. The predicted molar refractivity (Wildman–Crippen MR) is 178 cm³/mol. The number of aliphatic carboxylic acids is 1. The van der Waals surface area contributed by atoms with E-state index in [4.69, 9.17) is 0 Å². The van der Waals surface area contributed by atoms with Gasteiger partial charge in [-0.25, -0.2) is 0 Å². The third-order valence-corrected chi connectivity index (χ3v) is 9.28. The number of nitrogens with zero attached hydrogens (tertiary/aromatic N) is 1. The minimum Gasteiger partial charge on any atom is -0.548 e. The van der Waals surface area contributed by atoms with Crippen LogP contribution < -0.4 is 29.3 Å². The zero-order valence-electron chi connectivity index (χ0n) is 27.3. The second-order valence-corrected chi connectivity index (χ2v) is 12.8. The number of benzene rings is 3. The molecule has 234 valence electrons. The van der Waals surface area contributed by atoms with Crippen LogP contribution in [-0.2, 0) is 11.3 Å². The van der Waals surface area contributed by atoms with Crippen molar-refractivity contribution in [3.8, 4) is 11.1 Å². The molecular formula is C37H45LiN2O4S. The SMILES string of the molecule is CCCCN(Cc1ccc(C(=O)NC(CCSC)C(=O)[O-])c(-c2ccccc2C)c1)C(=O)c1ccc(C2CCCCC2)cc1.[Li+]. The van der Waals surface area contributed by atoms with Crippen molar-refractivity contribution in [3.63, 3.8) is 0 Å². The average molecular weight is 621 g/mol. The second kappa shape index (κ2) is 18.2. The number of hydrogen-bond acceptors (Lipinski definition) is 5. The third kappa shape index (κ3) is 10.0. The number of carbonyl (C=O) groups is 3. The Bertz CT molecular complexity index is 1420. The van der Waals surface area contributed by atoms with Crippen LogP contribution in [0.2, 0.25) is 0 Å². The van der Waals surface area contributed by atoms with Gasteiger partial charge in [0.15, 0.2) is 0 Å². The zero-order chi connectivity index (χ0) is 31.5. The van der Waals surface area contributed by atoms with Crippen LogP contribution in [0, 0.1) is 6.92 Å². The van der Waals surface area contributed by atoms with Crippen molar-refractivity contribution >= 4 is 29.5 Å². The number of carboxylic acid groups (broad SMARTS) is 1. The third-order valence-electron chi connectivity index (χ3n) is 8.64. The molecule has 2 amide bonds. The smallest absolute Gasteiger partial charge is 0.548 e. The van der Waals surface area contributed by atoms with Crippen LogP contribution in [0.4, 0.5) is 0 Å². The molecule has 0 saturated heterocycles. The molecule has 1 unspecified atom stereocenters. The van der Waals surface area contributed by atoms with Gasteiger partial charge >= 0.3 is 18.9 Å². The molecule has 8 heteroatoms. The number of thioether (sulfide) groups is 1. The van der Waals surface area contributed by atoms with Crippen LogP contribution >= 0.6 is 11.8 Å². The van der Waals surface area contributed by atoms with E-state index in [2.05, 4.69) is 24.4 Å². The number of aryl methyl sites for hydroxylation is 1. The number of hydrogen-bond donors (Lipinski definition) is 1. The number of rotatable bonds is 14. The summed E-state index contributed by atoms with van der Waals surface area (Å²) in [7, 11) is 0. The van der Waals surface area contributed by atoms with Gasteiger partial charge in [0.05, 0.1) is 12.0 Å². The fraction of sp³-hybridized carbons (Fsp3) is 0.432. The summed E-state index contributed by atoms with van der Waals surface area (Å²) in [5.41, 5.74) is 5.90. The van der Waals surface area contributed by atoms with Crippen LogP contribution in [-0.4, -0.2) is 47.3 Å². The molecule has 4 rings (SSSR count). The quantitative estimate of drug-likeness (QED) is 0.278. The zero-order valence-corrected chi connectivity index (χ0v) is 28.1. The van der Waals surface area contributed by atoms with Gasteiger partial charge in [0.2, 0.25) is 0 Å². The van der Waals surface area contributed by atoms with Crippen molar-refractivity contribution < 1.29 is 38.4 Å². The summed E-state index contributed by atoms with van der Waals surface area (Å²) < 4.78 is 0. The topological polar surface area (TPSA) is 89.5 Å². The molecule has 3 aromatic carbocycles. The molecule has 1 aliphatic carbocycles. The Balaban J connectivity index is 0.00000552. The molecule has 1 fully saturated rings. The van der Waals surface area contributed by atoms with Crippen molar-refractivity contribution in [2.24, 2.45) is 0 Å². The summed E-state index contributed by atoms with van der Waals surface area (Å²) in [4.78, 5) is 40.9. The maximum absolute atomic E-state index is 13.8. The number of nitrogens with one attached hydrogen (secondary N) is 1. The first-order valence-corrected chi connectivity index (χ1v) is 17.3. The Morgan fingerprint density at radius 1 is 0.978 bits per heavy atom. The van der Waals surface area contributed by atoms with Crippen LogP contribution in [0.25, 0.3) is 11.1 Å². The number of carbonyl (C=O) groups excluding carboxylic acids is 3. The van der Waals surface area contributed by atoms with Crippen LogP contribution in [0.3, 0.4) is 0 Å². The first-order valence-electron chi connectivity index (χ1n) is 15.9. The van der Waals surface area contributed by atoms with E-state index in [-0.39, 0.29) is 31.2 Å². The Morgan fingerprint density at radius 2 is 1.69 bits per heavy atom. The molecule has 0 heterocycles. The van der Waals surface area contributed by atoms with Crippen molar-refractivity contribution in [3.05, 3.63) is 94.5 Å². The number of unbranched alkanes of at least 4 members (excludes halogenated alkanes) is 1. The first-order chi connectivity index (χ1) is 21.3. The predicted octanol–water partition coefficient (Wildman–Crippen LogP) is 3.76. The maximum Gasteiger partial charge on any atom is 1.00 e. The number of carboxylic acids is 1. The monoisotopic (exact) mass is 620 g/mol. The molecule has 0 spiro atoms. The molecule has 1 N–H and O–H groups in total. The molecule has 1 aliphatic rings. The Labute approximate surface area is 284 Å². The largest absolute Gasteiger partial charge is 1.00 e. The van der Waals surface area contributed by atoms with E-state index in [1.165, 1.54) is 49.4 Å². The van der Waals surface area contributed by atoms with Gasteiger partial charge in [-0.15, -0.1) is 0 Å². The fourth-order valence-electron chi connectivity index (χ4n) is 6.04. The summed E-state index contributed by atoms with van der Waals surface area (Å²) in [5, 5.41) is 14.4. The van der Waals surface area contributed by atoms with Crippen molar-refractivity contribution in [2.45, 2.75) is 83.7 Å². The van der Waals surface area contributed by atoms with E-state index in [1.807, 2.05) is 66.6 Å². The van der Waals surface area contributed by atoms with Crippen LogP contribution in [0.1, 0.15) is 102 Å².